The average Bonchev–Trinajstić information content (AvgIpc) is 2.25. The zero-order valence-electron chi connectivity index (χ0n) is 12.6. The number of nitrogens with one attached hydrogen (secondary N) is 1. The Balaban J connectivity index is 0. The van der Waals surface area contributed by atoms with Crippen molar-refractivity contribution in [2.75, 3.05) is 18.1 Å². The number of rotatable bonds is 6. The molecule has 0 aliphatic rings. The molecule has 1 atom stereocenters. The maximum absolute atomic E-state index is 11.5. The predicted molar refractivity (Wildman–Crippen MR) is 77.2 cm³/mol. The standard InChI is InChI=1S/C10H20N2O6S.CH2O2/c1-10(2,3)18-9(15)12-7(8(13)14)6-19(16,17)5-4-11;2-1-3/h7H,4-6,11H2,1-3H3,(H,12,15)(H,13,14);1H,(H,2,3). The summed E-state index contributed by atoms with van der Waals surface area (Å²) < 4.78 is 27.8. The van der Waals surface area contributed by atoms with Crippen molar-refractivity contribution in [2.45, 2.75) is 32.4 Å². The molecule has 0 aliphatic carbocycles. The van der Waals surface area contributed by atoms with Crippen LogP contribution in [0.5, 0.6) is 0 Å². The monoisotopic (exact) mass is 342 g/mol. The lowest BCUT2D eigenvalue weighted by Gasteiger charge is -2.21. The third-order valence-electron chi connectivity index (χ3n) is 1.84. The summed E-state index contributed by atoms with van der Waals surface area (Å²) in [6.07, 6.45) is -0.983. The Morgan fingerprint density at radius 1 is 1.36 bits per heavy atom. The summed E-state index contributed by atoms with van der Waals surface area (Å²) in [4.78, 5) is 30.7. The largest absolute Gasteiger partial charge is 0.483 e. The first-order valence-electron chi connectivity index (χ1n) is 6.09. The third-order valence-corrected chi connectivity index (χ3v) is 3.54. The molecule has 0 aliphatic heterocycles. The molecular formula is C11H22N2O8S. The zero-order chi connectivity index (χ0) is 18.0. The SMILES string of the molecule is CC(C)(C)OC(=O)NC(CS(=O)(=O)CCN)C(=O)O.O=CO. The third kappa shape index (κ3) is 13.1. The van der Waals surface area contributed by atoms with Gasteiger partial charge in [0.2, 0.25) is 0 Å². The number of hydrogen-bond acceptors (Lipinski definition) is 7. The van der Waals surface area contributed by atoms with Gasteiger partial charge in [0.25, 0.3) is 6.47 Å². The van der Waals surface area contributed by atoms with Gasteiger partial charge < -0.3 is 26.0 Å². The first-order valence-corrected chi connectivity index (χ1v) is 7.91. The number of carboxylic acid groups (broad SMARTS) is 2. The highest BCUT2D eigenvalue weighted by molar-refractivity contribution is 7.91. The van der Waals surface area contributed by atoms with E-state index in [0.717, 1.165) is 0 Å². The topological polar surface area (TPSA) is 173 Å². The number of carbonyl (C=O) groups excluding carboxylic acids is 1. The second-order valence-electron chi connectivity index (χ2n) is 5.05. The number of ether oxygens (including phenoxy) is 1. The minimum atomic E-state index is -3.64. The fourth-order valence-corrected chi connectivity index (χ4v) is 2.40. The van der Waals surface area contributed by atoms with Crippen LogP contribution >= 0.6 is 0 Å². The number of carboxylic acids is 1. The zero-order valence-corrected chi connectivity index (χ0v) is 13.4. The van der Waals surface area contributed by atoms with Crippen molar-refractivity contribution in [1.29, 1.82) is 0 Å². The van der Waals surface area contributed by atoms with Gasteiger partial charge in [-0.15, -0.1) is 0 Å². The Bertz CT molecular complexity index is 469. The van der Waals surface area contributed by atoms with Crippen molar-refractivity contribution < 1.29 is 37.8 Å². The highest BCUT2D eigenvalue weighted by Crippen LogP contribution is 2.07. The molecule has 0 spiro atoms. The maximum atomic E-state index is 11.5. The molecular weight excluding hydrogens is 320 g/mol. The molecule has 0 saturated heterocycles. The van der Waals surface area contributed by atoms with Crippen LogP contribution in [0.25, 0.3) is 0 Å². The highest BCUT2D eigenvalue weighted by Gasteiger charge is 2.28. The molecule has 11 heteroatoms. The summed E-state index contributed by atoms with van der Waals surface area (Å²) in [5.41, 5.74) is 4.31. The van der Waals surface area contributed by atoms with Crippen molar-refractivity contribution in [3.05, 3.63) is 0 Å². The van der Waals surface area contributed by atoms with Gasteiger partial charge in [-0.05, 0) is 20.8 Å². The minimum Gasteiger partial charge on any atom is -0.483 e. The van der Waals surface area contributed by atoms with Gasteiger partial charge in [-0.25, -0.2) is 18.0 Å². The van der Waals surface area contributed by atoms with E-state index in [0.29, 0.717) is 0 Å². The molecule has 1 unspecified atom stereocenters. The summed E-state index contributed by atoms with van der Waals surface area (Å²) in [5, 5.41) is 17.8. The predicted octanol–water partition coefficient (Wildman–Crippen LogP) is -0.961. The quantitative estimate of drug-likeness (QED) is 0.443. The van der Waals surface area contributed by atoms with E-state index in [4.69, 9.17) is 25.5 Å². The Hall–Kier alpha value is -1.88. The Labute approximate surface area is 128 Å². The van der Waals surface area contributed by atoms with Gasteiger partial charge in [0.15, 0.2) is 9.84 Å². The van der Waals surface area contributed by atoms with Crippen molar-refractivity contribution in [1.82, 2.24) is 5.32 Å². The highest BCUT2D eigenvalue weighted by atomic mass is 32.2. The van der Waals surface area contributed by atoms with Crippen LogP contribution in [-0.2, 0) is 24.2 Å². The molecule has 0 rings (SSSR count). The van der Waals surface area contributed by atoms with E-state index in [1.54, 1.807) is 20.8 Å². The molecule has 0 heterocycles. The molecule has 5 N–H and O–H groups in total. The number of amides is 1. The summed E-state index contributed by atoms with van der Waals surface area (Å²) in [7, 11) is -3.64. The van der Waals surface area contributed by atoms with Gasteiger partial charge in [-0.1, -0.05) is 0 Å². The van der Waals surface area contributed by atoms with Gasteiger partial charge >= 0.3 is 12.1 Å². The van der Waals surface area contributed by atoms with Crippen LogP contribution in [0.3, 0.4) is 0 Å². The Morgan fingerprint density at radius 2 is 1.82 bits per heavy atom. The molecule has 0 aromatic heterocycles. The lowest BCUT2D eigenvalue weighted by atomic mass is 10.2. The molecule has 0 fully saturated rings. The molecule has 0 bridgehead atoms. The van der Waals surface area contributed by atoms with Crippen LogP contribution < -0.4 is 11.1 Å². The van der Waals surface area contributed by atoms with E-state index in [1.165, 1.54) is 0 Å². The lowest BCUT2D eigenvalue weighted by molar-refractivity contribution is -0.138. The molecule has 0 radical (unpaired) electrons. The maximum Gasteiger partial charge on any atom is 0.408 e. The van der Waals surface area contributed by atoms with Gasteiger partial charge in [0.1, 0.15) is 11.6 Å². The van der Waals surface area contributed by atoms with Crippen LogP contribution in [0.2, 0.25) is 0 Å². The van der Waals surface area contributed by atoms with Crippen molar-refractivity contribution in [2.24, 2.45) is 5.73 Å². The average molecular weight is 342 g/mol. The van der Waals surface area contributed by atoms with Crippen LogP contribution in [-0.4, -0.2) is 66.9 Å². The van der Waals surface area contributed by atoms with E-state index >= 15 is 0 Å². The first kappa shape index (κ1) is 22.4. The van der Waals surface area contributed by atoms with Gasteiger partial charge in [0.05, 0.1) is 11.5 Å². The lowest BCUT2D eigenvalue weighted by Crippen LogP contribution is -2.47. The second kappa shape index (κ2) is 9.95. The van der Waals surface area contributed by atoms with E-state index in [2.05, 4.69) is 0 Å². The number of alkyl carbamates (subject to hydrolysis) is 1. The van der Waals surface area contributed by atoms with Crippen molar-refractivity contribution >= 4 is 28.4 Å². The molecule has 1 amide bonds. The fraction of sp³-hybridized carbons (Fsp3) is 0.727. The molecule has 22 heavy (non-hydrogen) atoms. The normalized spacial score (nSPS) is 12.4. The van der Waals surface area contributed by atoms with Crippen molar-refractivity contribution in [3.63, 3.8) is 0 Å². The van der Waals surface area contributed by atoms with Crippen LogP contribution in [0.1, 0.15) is 20.8 Å². The van der Waals surface area contributed by atoms with E-state index in [1.807, 2.05) is 5.32 Å². The summed E-state index contributed by atoms with van der Waals surface area (Å²) in [5.74, 6) is -2.52. The summed E-state index contributed by atoms with van der Waals surface area (Å²) >= 11 is 0. The number of nitrogens with two attached hydrogens (primary N) is 1. The summed E-state index contributed by atoms with van der Waals surface area (Å²) in [6, 6.07) is -1.56. The van der Waals surface area contributed by atoms with Gasteiger partial charge in [-0.2, -0.15) is 0 Å². The van der Waals surface area contributed by atoms with Gasteiger partial charge in [0, 0.05) is 6.54 Å². The molecule has 0 aromatic rings. The number of carbonyl (C=O) groups is 3. The second-order valence-corrected chi connectivity index (χ2v) is 7.27. The summed E-state index contributed by atoms with van der Waals surface area (Å²) in [6.45, 7) is 4.45. The smallest absolute Gasteiger partial charge is 0.408 e. The molecule has 0 saturated carbocycles. The van der Waals surface area contributed by atoms with E-state index in [-0.39, 0.29) is 18.8 Å². The number of hydrogen-bond donors (Lipinski definition) is 4. The van der Waals surface area contributed by atoms with Crippen molar-refractivity contribution in [3.8, 4) is 0 Å². The van der Waals surface area contributed by atoms with E-state index in [9.17, 15) is 18.0 Å². The molecule has 0 aromatic carbocycles. The first-order chi connectivity index (χ1) is 9.88. The molecule has 130 valence electrons. The van der Waals surface area contributed by atoms with Gasteiger partial charge in [-0.3, -0.25) is 4.79 Å². The van der Waals surface area contributed by atoms with E-state index < -0.39 is 39.3 Å². The fourth-order valence-electron chi connectivity index (χ4n) is 1.14. The minimum absolute atomic E-state index is 0.110. The Kier molecular flexibility index (Phi) is 10.1. The van der Waals surface area contributed by atoms with Crippen LogP contribution in [0, 0.1) is 0 Å². The Morgan fingerprint density at radius 3 is 2.14 bits per heavy atom. The van der Waals surface area contributed by atoms with Crippen LogP contribution in [0.15, 0.2) is 0 Å². The van der Waals surface area contributed by atoms with Crippen LogP contribution in [0.4, 0.5) is 4.79 Å². The number of sulfone groups is 1. The number of aliphatic carboxylic acids is 1. The molecule has 10 nitrogen and oxygen atoms in total.